The molecule has 0 aliphatic carbocycles. The molecular formula is C32H47N3O8S. The third-order valence-corrected chi connectivity index (χ3v) is 9.86. The molecule has 0 spiro atoms. The van der Waals surface area contributed by atoms with Crippen LogP contribution in [-0.2, 0) is 30.7 Å². The van der Waals surface area contributed by atoms with Gasteiger partial charge in [0.15, 0.2) is 6.29 Å². The van der Waals surface area contributed by atoms with Crippen molar-refractivity contribution in [2.75, 3.05) is 41.0 Å². The number of benzene rings is 2. The number of methoxy groups -OCH3 is 1. The Labute approximate surface area is 261 Å². The summed E-state index contributed by atoms with van der Waals surface area (Å²) in [7, 11) is 1.42. The number of amides is 1. The van der Waals surface area contributed by atoms with E-state index in [1.165, 1.54) is 19.2 Å². The zero-order valence-corrected chi connectivity index (χ0v) is 27.1. The molecule has 0 bridgehead atoms. The lowest BCUT2D eigenvalue weighted by Gasteiger charge is -2.36. The predicted octanol–water partition coefficient (Wildman–Crippen LogP) is 3.17. The topological polar surface area (TPSA) is 136 Å². The number of hydrogen-bond acceptors (Lipinski definition) is 9. The zero-order chi connectivity index (χ0) is 31.9. The first-order valence-electron chi connectivity index (χ1n) is 15.1. The van der Waals surface area contributed by atoms with Crippen molar-refractivity contribution in [2.45, 2.75) is 75.0 Å². The number of sulfonamides is 1. The Kier molecular flexibility index (Phi) is 11.7. The zero-order valence-electron chi connectivity index (χ0n) is 26.3. The summed E-state index contributed by atoms with van der Waals surface area (Å²) in [4.78, 5) is 15.4. The second-order valence-corrected chi connectivity index (χ2v) is 14.4. The van der Waals surface area contributed by atoms with Crippen LogP contribution in [-0.4, -0.2) is 96.1 Å². The number of nitrogens with zero attached hydrogens (tertiary/aromatic N) is 1. The van der Waals surface area contributed by atoms with Gasteiger partial charge in [0.1, 0.15) is 11.9 Å². The van der Waals surface area contributed by atoms with Crippen molar-refractivity contribution in [3.05, 3.63) is 60.2 Å². The first kappa shape index (κ1) is 34.1. The fourth-order valence-corrected chi connectivity index (χ4v) is 7.01. The number of aliphatic hydroxyl groups excluding tert-OH is 1. The number of hydrogen-bond donors (Lipinski definition) is 3. The summed E-state index contributed by atoms with van der Waals surface area (Å²) in [6.07, 6.45) is -0.768. The van der Waals surface area contributed by atoms with Crippen LogP contribution in [0, 0.1) is 11.3 Å². The van der Waals surface area contributed by atoms with Gasteiger partial charge in [-0.3, -0.25) is 0 Å². The maximum absolute atomic E-state index is 13.6. The highest BCUT2D eigenvalue weighted by atomic mass is 32.2. The van der Waals surface area contributed by atoms with Crippen LogP contribution in [0.3, 0.4) is 0 Å². The SMILES string of the molecule is COc1ccc(S(=O)(=O)NC(CC(C)(C)CCN(C)C)[C@H](O)[C@H](Cc2ccccc2)NC(=O)O[C@@H]2CO[C@@H]3OCC[C@@H]32)cc1. The molecule has 4 rings (SSSR count). The molecule has 2 saturated heterocycles. The number of rotatable bonds is 15. The summed E-state index contributed by atoms with van der Waals surface area (Å²) in [6.45, 7) is 5.66. The van der Waals surface area contributed by atoms with Crippen LogP contribution in [0.25, 0.3) is 0 Å². The van der Waals surface area contributed by atoms with Crippen molar-refractivity contribution >= 4 is 16.1 Å². The van der Waals surface area contributed by atoms with Gasteiger partial charge < -0.3 is 34.3 Å². The van der Waals surface area contributed by atoms with Crippen LogP contribution in [0.1, 0.15) is 38.7 Å². The van der Waals surface area contributed by atoms with E-state index in [4.69, 9.17) is 18.9 Å². The molecule has 0 saturated carbocycles. The molecule has 3 N–H and O–H groups in total. The molecule has 2 heterocycles. The van der Waals surface area contributed by atoms with Gasteiger partial charge in [0.2, 0.25) is 10.0 Å². The molecule has 2 aromatic carbocycles. The highest BCUT2D eigenvalue weighted by molar-refractivity contribution is 7.89. The Hall–Kier alpha value is -2.74. The van der Waals surface area contributed by atoms with Gasteiger partial charge in [-0.05, 0) is 81.6 Å². The van der Waals surface area contributed by atoms with Gasteiger partial charge in [0.05, 0.1) is 49.3 Å². The van der Waals surface area contributed by atoms with Crippen LogP contribution in [0.5, 0.6) is 5.75 Å². The lowest BCUT2D eigenvalue weighted by atomic mass is 9.80. The van der Waals surface area contributed by atoms with E-state index in [-0.39, 0.29) is 35.5 Å². The molecule has 12 heteroatoms. The number of ether oxygens (including phenoxy) is 4. The highest BCUT2D eigenvalue weighted by Crippen LogP contribution is 2.33. The molecule has 0 radical (unpaired) electrons. The maximum atomic E-state index is 13.6. The van der Waals surface area contributed by atoms with Gasteiger partial charge in [0.25, 0.3) is 0 Å². The standard InChI is InChI=1S/C32H47N3O8S/c1-32(2,16-17-35(3)4)20-27(34-44(38,39)24-13-11-23(40-5)12-14-24)29(36)26(19-22-9-7-6-8-10-22)33-31(37)43-28-21-42-30-25(28)15-18-41-30/h6-14,25-30,34,36H,15-21H2,1-5H3,(H,33,37)/t25-,26+,27?,28-,29-,30+/m1/s1. The monoisotopic (exact) mass is 633 g/mol. The van der Waals surface area contributed by atoms with E-state index in [1.807, 2.05) is 58.3 Å². The minimum Gasteiger partial charge on any atom is -0.497 e. The Balaban J connectivity index is 1.59. The van der Waals surface area contributed by atoms with E-state index in [0.717, 1.165) is 24.9 Å². The Morgan fingerprint density at radius 1 is 1.09 bits per heavy atom. The normalized spacial score (nSPS) is 22.3. The van der Waals surface area contributed by atoms with Crippen molar-refractivity contribution < 1.29 is 37.3 Å². The molecule has 1 unspecified atom stereocenters. The van der Waals surface area contributed by atoms with Crippen molar-refractivity contribution in [2.24, 2.45) is 11.3 Å². The first-order valence-corrected chi connectivity index (χ1v) is 16.6. The lowest BCUT2D eigenvalue weighted by molar-refractivity contribution is -0.0907. The van der Waals surface area contributed by atoms with Crippen LogP contribution in [0.15, 0.2) is 59.5 Å². The highest BCUT2D eigenvalue weighted by Gasteiger charge is 2.44. The van der Waals surface area contributed by atoms with Crippen molar-refractivity contribution in [3.63, 3.8) is 0 Å². The number of nitrogens with one attached hydrogen (secondary N) is 2. The minimum absolute atomic E-state index is 0.0419. The van der Waals surface area contributed by atoms with Gasteiger partial charge in [-0.1, -0.05) is 44.2 Å². The summed E-state index contributed by atoms with van der Waals surface area (Å²) >= 11 is 0. The summed E-state index contributed by atoms with van der Waals surface area (Å²) in [5.41, 5.74) is 0.517. The first-order chi connectivity index (χ1) is 20.9. The minimum atomic E-state index is -4.05. The third kappa shape index (κ3) is 9.38. The van der Waals surface area contributed by atoms with Gasteiger partial charge in [-0.25, -0.2) is 17.9 Å². The molecule has 2 fully saturated rings. The smallest absolute Gasteiger partial charge is 0.407 e. The number of aliphatic hydroxyl groups is 1. The predicted molar refractivity (Wildman–Crippen MR) is 166 cm³/mol. The van der Waals surface area contributed by atoms with Crippen LogP contribution >= 0.6 is 0 Å². The number of carbonyl (C=O) groups excluding carboxylic acids is 1. The van der Waals surface area contributed by atoms with Crippen LogP contribution < -0.4 is 14.8 Å². The number of fused-ring (bicyclic) bond motifs is 1. The molecule has 44 heavy (non-hydrogen) atoms. The van der Waals surface area contributed by atoms with Crippen molar-refractivity contribution in [3.8, 4) is 5.75 Å². The van der Waals surface area contributed by atoms with Crippen LogP contribution in [0.2, 0.25) is 0 Å². The Morgan fingerprint density at radius 2 is 1.80 bits per heavy atom. The van der Waals surface area contributed by atoms with E-state index in [2.05, 4.69) is 14.9 Å². The molecule has 1 amide bonds. The van der Waals surface area contributed by atoms with Crippen molar-refractivity contribution in [1.82, 2.24) is 14.9 Å². The van der Waals surface area contributed by atoms with E-state index in [1.54, 1.807) is 12.1 Å². The molecule has 2 aliphatic rings. The molecule has 6 atom stereocenters. The molecule has 244 valence electrons. The van der Waals surface area contributed by atoms with Crippen molar-refractivity contribution in [1.29, 1.82) is 0 Å². The van der Waals surface area contributed by atoms with Gasteiger partial charge in [0, 0.05) is 0 Å². The van der Waals surface area contributed by atoms with E-state index in [0.29, 0.717) is 18.8 Å². The fraction of sp³-hybridized carbons (Fsp3) is 0.594. The lowest BCUT2D eigenvalue weighted by Crippen LogP contribution is -2.56. The maximum Gasteiger partial charge on any atom is 0.407 e. The fourth-order valence-electron chi connectivity index (χ4n) is 5.75. The van der Waals surface area contributed by atoms with Gasteiger partial charge in [-0.15, -0.1) is 0 Å². The Morgan fingerprint density at radius 3 is 2.45 bits per heavy atom. The summed E-state index contributed by atoms with van der Waals surface area (Å²) in [5.74, 6) is 0.485. The number of carbonyl (C=O) groups is 1. The molecular weight excluding hydrogens is 586 g/mol. The summed E-state index contributed by atoms with van der Waals surface area (Å²) in [6, 6.07) is 13.7. The average Bonchev–Trinajstić information content (AvgIpc) is 3.61. The Bertz CT molecular complexity index is 1310. The van der Waals surface area contributed by atoms with E-state index in [9.17, 15) is 18.3 Å². The quantitative estimate of drug-likeness (QED) is 0.270. The van der Waals surface area contributed by atoms with Crippen LogP contribution in [0.4, 0.5) is 4.79 Å². The average molecular weight is 634 g/mol. The number of alkyl carbamates (subject to hydrolysis) is 1. The molecule has 2 aromatic rings. The van der Waals surface area contributed by atoms with E-state index < -0.39 is 40.4 Å². The van der Waals surface area contributed by atoms with Gasteiger partial charge in [-0.2, -0.15) is 0 Å². The molecule has 2 aliphatic heterocycles. The molecule has 11 nitrogen and oxygen atoms in total. The molecule has 0 aromatic heterocycles. The van der Waals surface area contributed by atoms with E-state index >= 15 is 0 Å². The summed E-state index contributed by atoms with van der Waals surface area (Å²) in [5, 5.41) is 14.8. The summed E-state index contributed by atoms with van der Waals surface area (Å²) < 4.78 is 52.1. The third-order valence-electron chi connectivity index (χ3n) is 8.35. The second kappa shape index (κ2) is 15.0. The van der Waals surface area contributed by atoms with Gasteiger partial charge >= 0.3 is 6.09 Å². The largest absolute Gasteiger partial charge is 0.497 e. The second-order valence-electron chi connectivity index (χ2n) is 12.7.